The number of hydrogen-bond acceptors (Lipinski definition) is 2. The summed E-state index contributed by atoms with van der Waals surface area (Å²) in [6.07, 6.45) is 0. The van der Waals surface area contributed by atoms with Crippen LogP contribution < -0.4 is 5.32 Å². The molecular formula is C13H20FNO. The Bertz CT molecular complexity index is 299. The van der Waals surface area contributed by atoms with E-state index in [-0.39, 0.29) is 11.9 Å². The molecule has 2 unspecified atom stereocenters. The third-order valence-corrected chi connectivity index (χ3v) is 2.59. The molecule has 1 aromatic carbocycles. The van der Waals surface area contributed by atoms with Crippen LogP contribution in [0.15, 0.2) is 24.3 Å². The Hall–Kier alpha value is -0.930. The van der Waals surface area contributed by atoms with Gasteiger partial charge in [-0.3, -0.25) is 0 Å². The van der Waals surface area contributed by atoms with Crippen molar-refractivity contribution in [2.75, 3.05) is 20.3 Å². The van der Waals surface area contributed by atoms with Gasteiger partial charge < -0.3 is 10.1 Å². The predicted molar refractivity (Wildman–Crippen MR) is 63.9 cm³/mol. The summed E-state index contributed by atoms with van der Waals surface area (Å²) < 4.78 is 17.8. The Morgan fingerprint density at radius 2 is 1.88 bits per heavy atom. The van der Waals surface area contributed by atoms with Gasteiger partial charge in [0.25, 0.3) is 0 Å². The van der Waals surface area contributed by atoms with Crippen molar-refractivity contribution in [3.63, 3.8) is 0 Å². The largest absolute Gasteiger partial charge is 0.384 e. The highest BCUT2D eigenvalue weighted by molar-refractivity contribution is 5.19. The van der Waals surface area contributed by atoms with Crippen LogP contribution in [0.25, 0.3) is 0 Å². The average Bonchev–Trinajstić information content (AvgIpc) is 2.27. The van der Waals surface area contributed by atoms with E-state index in [1.165, 1.54) is 12.1 Å². The van der Waals surface area contributed by atoms with Crippen molar-refractivity contribution in [2.45, 2.75) is 19.9 Å². The smallest absolute Gasteiger partial charge is 0.123 e. The first kappa shape index (κ1) is 13.1. The first-order valence-electron chi connectivity index (χ1n) is 5.61. The molecule has 90 valence electrons. The molecule has 0 bridgehead atoms. The Balaban J connectivity index is 2.40. The van der Waals surface area contributed by atoms with E-state index in [2.05, 4.69) is 19.2 Å². The van der Waals surface area contributed by atoms with E-state index < -0.39 is 0 Å². The maximum absolute atomic E-state index is 12.7. The number of rotatable bonds is 6. The number of methoxy groups -OCH3 is 1. The monoisotopic (exact) mass is 225 g/mol. The lowest BCUT2D eigenvalue weighted by atomic mass is 10.1. The Labute approximate surface area is 96.8 Å². The Kier molecular flexibility index (Phi) is 5.43. The zero-order chi connectivity index (χ0) is 12.0. The molecule has 0 heterocycles. The molecule has 0 aromatic heterocycles. The minimum absolute atomic E-state index is 0.191. The second-order valence-corrected chi connectivity index (χ2v) is 4.24. The fourth-order valence-electron chi connectivity index (χ4n) is 1.59. The van der Waals surface area contributed by atoms with Gasteiger partial charge >= 0.3 is 0 Å². The molecule has 1 rings (SSSR count). The first-order valence-corrected chi connectivity index (χ1v) is 5.61. The van der Waals surface area contributed by atoms with Crippen LogP contribution in [0.2, 0.25) is 0 Å². The lowest BCUT2D eigenvalue weighted by molar-refractivity contribution is 0.157. The van der Waals surface area contributed by atoms with Crippen LogP contribution >= 0.6 is 0 Å². The lowest BCUT2D eigenvalue weighted by Gasteiger charge is -2.17. The molecular weight excluding hydrogens is 205 g/mol. The van der Waals surface area contributed by atoms with E-state index >= 15 is 0 Å². The summed E-state index contributed by atoms with van der Waals surface area (Å²) in [7, 11) is 1.71. The fourth-order valence-corrected chi connectivity index (χ4v) is 1.59. The molecule has 1 aromatic rings. The van der Waals surface area contributed by atoms with Gasteiger partial charge in [-0.2, -0.15) is 0 Å². The van der Waals surface area contributed by atoms with E-state index in [1.807, 2.05) is 12.1 Å². The highest BCUT2D eigenvalue weighted by Gasteiger charge is 2.07. The van der Waals surface area contributed by atoms with Crippen LogP contribution in [0.4, 0.5) is 4.39 Å². The zero-order valence-electron chi connectivity index (χ0n) is 10.2. The van der Waals surface area contributed by atoms with Crippen LogP contribution in [-0.4, -0.2) is 20.3 Å². The summed E-state index contributed by atoms with van der Waals surface area (Å²) in [5, 5.41) is 3.40. The lowest BCUT2D eigenvalue weighted by Crippen LogP contribution is -2.26. The molecule has 0 amide bonds. The van der Waals surface area contributed by atoms with Gasteiger partial charge in [0, 0.05) is 26.3 Å². The normalized spacial score (nSPS) is 14.8. The highest BCUT2D eigenvalue weighted by Crippen LogP contribution is 2.13. The van der Waals surface area contributed by atoms with Crippen molar-refractivity contribution < 1.29 is 9.13 Å². The second-order valence-electron chi connectivity index (χ2n) is 4.24. The number of benzene rings is 1. The molecule has 2 atom stereocenters. The Morgan fingerprint density at radius 1 is 1.25 bits per heavy atom. The molecule has 2 nitrogen and oxygen atoms in total. The molecule has 1 N–H and O–H groups in total. The van der Waals surface area contributed by atoms with Crippen molar-refractivity contribution in [1.29, 1.82) is 0 Å². The summed E-state index contributed by atoms with van der Waals surface area (Å²) in [5.41, 5.74) is 1.10. The van der Waals surface area contributed by atoms with E-state index in [1.54, 1.807) is 7.11 Å². The molecule has 0 saturated heterocycles. The van der Waals surface area contributed by atoms with Gasteiger partial charge in [0.2, 0.25) is 0 Å². The SMILES string of the molecule is COCC(C)CNC(C)c1ccc(F)cc1. The summed E-state index contributed by atoms with van der Waals surface area (Å²) in [6, 6.07) is 6.85. The molecule has 0 aliphatic heterocycles. The summed E-state index contributed by atoms with van der Waals surface area (Å²) in [5.74, 6) is 0.289. The quantitative estimate of drug-likeness (QED) is 0.803. The van der Waals surface area contributed by atoms with Crippen molar-refractivity contribution in [3.8, 4) is 0 Å². The number of nitrogens with one attached hydrogen (secondary N) is 1. The van der Waals surface area contributed by atoms with Crippen LogP contribution in [0.1, 0.15) is 25.5 Å². The van der Waals surface area contributed by atoms with Crippen LogP contribution in [0.3, 0.4) is 0 Å². The fraction of sp³-hybridized carbons (Fsp3) is 0.538. The molecule has 3 heteroatoms. The number of halogens is 1. The number of hydrogen-bond donors (Lipinski definition) is 1. The molecule has 0 aliphatic rings. The van der Waals surface area contributed by atoms with E-state index in [0.717, 1.165) is 18.7 Å². The molecule has 0 radical (unpaired) electrons. The van der Waals surface area contributed by atoms with Gasteiger partial charge in [0.1, 0.15) is 5.82 Å². The van der Waals surface area contributed by atoms with E-state index in [9.17, 15) is 4.39 Å². The molecule has 0 spiro atoms. The van der Waals surface area contributed by atoms with Gasteiger partial charge in [-0.1, -0.05) is 19.1 Å². The molecule has 16 heavy (non-hydrogen) atoms. The maximum atomic E-state index is 12.7. The van der Waals surface area contributed by atoms with Gasteiger partial charge in [-0.15, -0.1) is 0 Å². The van der Waals surface area contributed by atoms with Crippen LogP contribution in [0.5, 0.6) is 0 Å². The van der Waals surface area contributed by atoms with Crippen molar-refractivity contribution in [2.24, 2.45) is 5.92 Å². The third-order valence-electron chi connectivity index (χ3n) is 2.59. The van der Waals surface area contributed by atoms with Gasteiger partial charge in [0.15, 0.2) is 0 Å². The molecule has 0 aliphatic carbocycles. The maximum Gasteiger partial charge on any atom is 0.123 e. The Morgan fingerprint density at radius 3 is 2.44 bits per heavy atom. The van der Waals surface area contributed by atoms with Gasteiger partial charge in [0.05, 0.1) is 0 Å². The van der Waals surface area contributed by atoms with E-state index in [4.69, 9.17) is 4.74 Å². The molecule has 0 fully saturated rings. The van der Waals surface area contributed by atoms with Crippen molar-refractivity contribution >= 4 is 0 Å². The average molecular weight is 225 g/mol. The first-order chi connectivity index (χ1) is 7.63. The van der Waals surface area contributed by atoms with Gasteiger partial charge in [-0.05, 0) is 30.5 Å². The summed E-state index contributed by atoms with van der Waals surface area (Å²) in [6.45, 7) is 5.86. The van der Waals surface area contributed by atoms with Crippen molar-refractivity contribution in [3.05, 3.63) is 35.6 Å². The predicted octanol–water partition coefficient (Wildman–Crippen LogP) is 2.76. The minimum Gasteiger partial charge on any atom is -0.384 e. The minimum atomic E-state index is -0.191. The van der Waals surface area contributed by atoms with Crippen LogP contribution in [0, 0.1) is 11.7 Å². The topological polar surface area (TPSA) is 21.3 Å². The zero-order valence-corrected chi connectivity index (χ0v) is 10.2. The number of ether oxygens (including phenoxy) is 1. The van der Waals surface area contributed by atoms with Gasteiger partial charge in [-0.25, -0.2) is 4.39 Å². The third kappa shape index (κ3) is 4.29. The van der Waals surface area contributed by atoms with E-state index in [0.29, 0.717) is 5.92 Å². The van der Waals surface area contributed by atoms with Crippen LogP contribution in [-0.2, 0) is 4.74 Å². The second kappa shape index (κ2) is 6.61. The summed E-state index contributed by atoms with van der Waals surface area (Å²) in [4.78, 5) is 0. The van der Waals surface area contributed by atoms with Crippen molar-refractivity contribution in [1.82, 2.24) is 5.32 Å². The summed E-state index contributed by atoms with van der Waals surface area (Å²) >= 11 is 0. The highest BCUT2D eigenvalue weighted by atomic mass is 19.1. The molecule has 0 saturated carbocycles. The standard InChI is InChI=1S/C13H20FNO/c1-10(9-16-3)8-15-11(2)12-4-6-13(14)7-5-12/h4-7,10-11,15H,8-9H2,1-3H3.